The molecule has 28 heavy (non-hydrogen) atoms. The van der Waals surface area contributed by atoms with Crippen LogP contribution in [0.2, 0.25) is 0 Å². The molecule has 4 rings (SSSR count). The van der Waals surface area contributed by atoms with Crippen molar-refractivity contribution in [2.45, 2.75) is 32.9 Å². The van der Waals surface area contributed by atoms with E-state index in [0.717, 1.165) is 10.4 Å². The quantitative estimate of drug-likeness (QED) is 0.734. The zero-order chi connectivity index (χ0) is 20.0. The maximum Gasteiger partial charge on any atom is 0.329 e. The number of para-hydroxylation sites is 1. The van der Waals surface area contributed by atoms with Gasteiger partial charge >= 0.3 is 5.69 Å². The number of nitrogens with zero attached hydrogens (tertiary/aromatic N) is 2. The van der Waals surface area contributed by atoms with E-state index in [-0.39, 0.29) is 17.5 Å². The Bertz CT molecular complexity index is 1190. The number of fused-ring (bicyclic) bond motifs is 3. The van der Waals surface area contributed by atoms with Crippen LogP contribution in [0, 0.1) is 0 Å². The van der Waals surface area contributed by atoms with Crippen LogP contribution in [0.25, 0.3) is 10.2 Å². The third kappa shape index (κ3) is 2.84. The summed E-state index contributed by atoms with van der Waals surface area (Å²) in [7, 11) is 1.54. The summed E-state index contributed by atoms with van der Waals surface area (Å²) in [4.78, 5) is 44.3. The lowest BCUT2D eigenvalue weighted by atomic mass is 10.0. The number of amides is 1. The van der Waals surface area contributed by atoms with E-state index in [2.05, 4.69) is 4.98 Å². The van der Waals surface area contributed by atoms with Crippen molar-refractivity contribution in [1.29, 1.82) is 0 Å². The minimum Gasteiger partial charge on any atom is -0.496 e. The highest BCUT2D eigenvalue weighted by Gasteiger charge is 2.28. The van der Waals surface area contributed by atoms with Gasteiger partial charge in [0, 0.05) is 17.5 Å². The summed E-state index contributed by atoms with van der Waals surface area (Å²) in [5.74, 6) is 0.437. The SMILES string of the molecule is COc1ccccc1C(=O)N1CCc2c(sc3[nH]c(=O)n(C(C)C)c(=O)c23)C1. The number of benzene rings is 1. The molecule has 0 saturated carbocycles. The van der Waals surface area contributed by atoms with E-state index in [1.165, 1.54) is 15.9 Å². The van der Waals surface area contributed by atoms with Crippen molar-refractivity contribution < 1.29 is 9.53 Å². The van der Waals surface area contributed by atoms with Gasteiger partial charge in [-0.1, -0.05) is 12.1 Å². The second-order valence-electron chi connectivity index (χ2n) is 7.08. The van der Waals surface area contributed by atoms with E-state index < -0.39 is 5.69 Å². The third-order valence-electron chi connectivity index (χ3n) is 5.07. The highest BCUT2D eigenvalue weighted by Crippen LogP contribution is 2.33. The lowest BCUT2D eigenvalue weighted by molar-refractivity contribution is 0.0734. The second kappa shape index (κ2) is 6.94. The molecule has 0 radical (unpaired) electrons. The molecule has 8 heteroatoms. The molecule has 0 bridgehead atoms. The average molecular weight is 399 g/mol. The fraction of sp³-hybridized carbons (Fsp3) is 0.350. The molecule has 1 amide bonds. The molecular weight excluding hydrogens is 378 g/mol. The molecule has 0 atom stereocenters. The van der Waals surface area contributed by atoms with Gasteiger partial charge in [-0.25, -0.2) is 4.79 Å². The maximum atomic E-state index is 13.0. The zero-order valence-corrected chi connectivity index (χ0v) is 16.8. The van der Waals surface area contributed by atoms with Crippen LogP contribution in [-0.2, 0) is 13.0 Å². The summed E-state index contributed by atoms with van der Waals surface area (Å²) in [6.45, 7) is 4.55. The number of methoxy groups -OCH3 is 1. The Morgan fingerprint density at radius 1 is 1.25 bits per heavy atom. The van der Waals surface area contributed by atoms with Crippen molar-refractivity contribution in [2.24, 2.45) is 0 Å². The van der Waals surface area contributed by atoms with Crippen molar-refractivity contribution in [3.8, 4) is 5.75 Å². The molecule has 1 N–H and O–H groups in total. The van der Waals surface area contributed by atoms with Crippen LogP contribution in [0.3, 0.4) is 0 Å². The third-order valence-corrected chi connectivity index (χ3v) is 6.20. The first-order chi connectivity index (χ1) is 13.4. The van der Waals surface area contributed by atoms with Crippen LogP contribution in [0.1, 0.15) is 40.7 Å². The molecule has 0 saturated heterocycles. The molecule has 3 aromatic rings. The van der Waals surface area contributed by atoms with Crippen LogP contribution in [0.5, 0.6) is 5.75 Å². The average Bonchev–Trinajstić information content (AvgIpc) is 3.04. The molecule has 1 aliphatic heterocycles. The molecule has 146 valence electrons. The lowest BCUT2D eigenvalue weighted by Crippen LogP contribution is -2.37. The van der Waals surface area contributed by atoms with Crippen molar-refractivity contribution in [3.05, 3.63) is 61.1 Å². The fourth-order valence-corrected chi connectivity index (χ4v) is 4.97. The largest absolute Gasteiger partial charge is 0.496 e. The Labute approximate surface area is 165 Å². The van der Waals surface area contributed by atoms with Crippen molar-refractivity contribution in [1.82, 2.24) is 14.5 Å². The van der Waals surface area contributed by atoms with Gasteiger partial charge in [-0.2, -0.15) is 0 Å². The van der Waals surface area contributed by atoms with Gasteiger partial charge in [0.2, 0.25) is 0 Å². The molecule has 2 aromatic heterocycles. The first-order valence-corrected chi connectivity index (χ1v) is 9.95. The van der Waals surface area contributed by atoms with Crippen LogP contribution in [0.15, 0.2) is 33.9 Å². The molecular formula is C20H21N3O4S. The summed E-state index contributed by atoms with van der Waals surface area (Å²) >= 11 is 1.38. The van der Waals surface area contributed by atoms with Gasteiger partial charge in [0.15, 0.2) is 0 Å². The monoisotopic (exact) mass is 399 g/mol. The number of hydrogen-bond acceptors (Lipinski definition) is 5. The minimum atomic E-state index is -0.395. The first-order valence-electron chi connectivity index (χ1n) is 9.13. The van der Waals surface area contributed by atoms with Crippen molar-refractivity contribution in [3.63, 3.8) is 0 Å². The Hall–Kier alpha value is -2.87. The number of thiophene rings is 1. The summed E-state index contributed by atoms with van der Waals surface area (Å²) in [6.07, 6.45) is 0.579. The number of ether oxygens (including phenoxy) is 1. The van der Waals surface area contributed by atoms with Gasteiger partial charge in [-0.3, -0.25) is 19.1 Å². The summed E-state index contributed by atoms with van der Waals surface area (Å²) in [6, 6.07) is 6.93. The van der Waals surface area contributed by atoms with Gasteiger partial charge in [-0.15, -0.1) is 11.3 Å². The van der Waals surface area contributed by atoms with Crippen molar-refractivity contribution >= 4 is 27.5 Å². The summed E-state index contributed by atoms with van der Waals surface area (Å²) in [5, 5.41) is 0.581. The van der Waals surface area contributed by atoms with Gasteiger partial charge in [0.25, 0.3) is 11.5 Å². The number of nitrogens with one attached hydrogen (secondary N) is 1. The van der Waals surface area contributed by atoms with Crippen molar-refractivity contribution in [2.75, 3.05) is 13.7 Å². The van der Waals surface area contributed by atoms with Gasteiger partial charge in [0.05, 0.1) is 24.6 Å². The number of aromatic amines is 1. The number of aromatic nitrogens is 2. The molecule has 3 heterocycles. The molecule has 0 fully saturated rings. The highest BCUT2D eigenvalue weighted by atomic mass is 32.1. The summed E-state index contributed by atoms with van der Waals surface area (Å²) in [5.41, 5.74) is 0.814. The van der Waals surface area contributed by atoms with Crippen LogP contribution in [0.4, 0.5) is 0 Å². The number of H-pyrrole nitrogens is 1. The number of rotatable bonds is 3. The molecule has 0 unspecified atom stereocenters. The van der Waals surface area contributed by atoms with Crippen LogP contribution >= 0.6 is 11.3 Å². The Morgan fingerprint density at radius 2 is 2.00 bits per heavy atom. The Morgan fingerprint density at radius 3 is 2.71 bits per heavy atom. The number of carbonyl (C=O) groups excluding carboxylic acids is 1. The van der Waals surface area contributed by atoms with Gasteiger partial charge < -0.3 is 9.64 Å². The molecule has 7 nitrogen and oxygen atoms in total. The fourth-order valence-electron chi connectivity index (χ4n) is 3.72. The highest BCUT2D eigenvalue weighted by molar-refractivity contribution is 7.18. The maximum absolute atomic E-state index is 13.0. The van der Waals surface area contributed by atoms with E-state index in [0.29, 0.717) is 41.0 Å². The smallest absolute Gasteiger partial charge is 0.329 e. The number of hydrogen-bond donors (Lipinski definition) is 1. The molecule has 0 spiro atoms. The minimum absolute atomic E-state index is 0.103. The zero-order valence-electron chi connectivity index (χ0n) is 15.9. The normalized spacial score (nSPS) is 13.8. The molecule has 1 aromatic carbocycles. The van der Waals surface area contributed by atoms with E-state index in [4.69, 9.17) is 4.74 Å². The Balaban J connectivity index is 1.75. The summed E-state index contributed by atoms with van der Waals surface area (Å²) < 4.78 is 6.56. The predicted octanol–water partition coefficient (Wildman–Crippen LogP) is 2.54. The van der Waals surface area contributed by atoms with E-state index in [1.807, 2.05) is 26.0 Å². The van der Waals surface area contributed by atoms with Gasteiger partial charge in [0.1, 0.15) is 10.6 Å². The first kappa shape index (κ1) is 18.5. The van der Waals surface area contributed by atoms with Gasteiger partial charge in [-0.05, 0) is 38.0 Å². The molecule has 1 aliphatic rings. The topological polar surface area (TPSA) is 84.4 Å². The van der Waals surface area contributed by atoms with Crippen LogP contribution in [-0.4, -0.2) is 34.0 Å². The lowest BCUT2D eigenvalue weighted by Gasteiger charge is -2.27. The van der Waals surface area contributed by atoms with E-state index in [9.17, 15) is 14.4 Å². The predicted molar refractivity (Wildman–Crippen MR) is 109 cm³/mol. The molecule has 0 aliphatic carbocycles. The standard InChI is InChI=1S/C20H21N3O4S/c1-11(2)23-19(25)16-13-8-9-22(10-15(13)28-17(16)21-20(23)26)18(24)12-6-4-5-7-14(12)27-3/h4-7,11H,8-10H2,1-3H3,(H,21,26). The second-order valence-corrected chi connectivity index (χ2v) is 8.19. The van der Waals surface area contributed by atoms with E-state index >= 15 is 0 Å². The van der Waals surface area contributed by atoms with E-state index in [1.54, 1.807) is 24.1 Å². The van der Waals surface area contributed by atoms with Crippen LogP contribution < -0.4 is 16.0 Å². The Kier molecular flexibility index (Phi) is 4.58. The number of carbonyl (C=O) groups is 1.